The van der Waals surface area contributed by atoms with Crippen molar-refractivity contribution in [1.82, 2.24) is 5.32 Å². The maximum Gasteiger partial charge on any atom is 0.407 e. The summed E-state index contributed by atoms with van der Waals surface area (Å²) >= 11 is 0. The van der Waals surface area contributed by atoms with Crippen LogP contribution in [0.1, 0.15) is 36.3 Å². The lowest BCUT2D eigenvalue weighted by Crippen LogP contribution is -2.53. The summed E-state index contributed by atoms with van der Waals surface area (Å²) in [5.74, 6) is -0.968. The maximum absolute atomic E-state index is 12.5. The summed E-state index contributed by atoms with van der Waals surface area (Å²) in [5.41, 5.74) is 3.80. The first-order valence-electron chi connectivity index (χ1n) is 9.51. The Labute approximate surface area is 163 Å². The number of nitrogens with one attached hydrogen (secondary N) is 1. The molecule has 0 atom stereocenters. The van der Waals surface area contributed by atoms with Gasteiger partial charge in [0.1, 0.15) is 6.61 Å². The normalized spacial score (nSPS) is 17.4. The van der Waals surface area contributed by atoms with Crippen LogP contribution in [0.4, 0.5) is 4.79 Å². The third kappa shape index (κ3) is 3.60. The number of fused-ring (bicyclic) bond motifs is 3. The summed E-state index contributed by atoms with van der Waals surface area (Å²) in [4.78, 5) is 23.8. The van der Waals surface area contributed by atoms with Crippen molar-refractivity contribution < 1.29 is 24.2 Å². The summed E-state index contributed by atoms with van der Waals surface area (Å²) in [6.45, 7) is 1.06. The van der Waals surface area contributed by atoms with Crippen molar-refractivity contribution in [2.24, 2.45) is 0 Å². The van der Waals surface area contributed by atoms with Crippen LogP contribution in [0.2, 0.25) is 0 Å². The van der Waals surface area contributed by atoms with Gasteiger partial charge in [-0.3, -0.25) is 4.79 Å². The van der Waals surface area contributed by atoms with Crippen LogP contribution in [-0.2, 0) is 14.3 Å². The fourth-order valence-electron chi connectivity index (χ4n) is 4.25. The van der Waals surface area contributed by atoms with Crippen LogP contribution in [0.25, 0.3) is 11.1 Å². The van der Waals surface area contributed by atoms with Gasteiger partial charge in [-0.1, -0.05) is 48.5 Å². The average molecular weight is 381 g/mol. The number of carboxylic acids is 1. The van der Waals surface area contributed by atoms with Crippen molar-refractivity contribution in [3.8, 4) is 11.1 Å². The molecule has 6 nitrogen and oxygen atoms in total. The van der Waals surface area contributed by atoms with E-state index in [4.69, 9.17) is 9.47 Å². The molecule has 1 fully saturated rings. The first-order valence-corrected chi connectivity index (χ1v) is 9.51. The predicted octanol–water partition coefficient (Wildman–Crippen LogP) is 3.55. The smallest absolute Gasteiger partial charge is 0.407 e. The lowest BCUT2D eigenvalue weighted by molar-refractivity contribution is -0.139. The van der Waals surface area contributed by atoms with Gasteiger partial charge in [0.15, 0.2) is 0 Å². The Hall–Kier alpha value is -2.86. The van der Waals surface area contributed by atoms with Crippen LogP contribution >= 0.6 is 0 Å². The minimum Gasteiger partial charge on any atom is -0.481 e. The van der Waals surface area contributed by atoms with Gasteiger partial charge in [-0.2, -0.15) is 0 Å². The zero-order valence-electron chi connectivity index (χ0n) is 15.5. The molecule has 2 N–H and O–H groups in total. The minimum atomic E-state index is -0.944. The van der Waals surface area contributed by atoms with Gasteiger partial charge in [0, 0.05) is 19.1 Å². The summed E-state index contributed by atoms with van der Waals surface area (Å²) < 4.78 is 10.9. The van der Waals surface area contributed by atoms with E-state index in [0.717, 1.165) is 11.1 Å². The topological polar surface area (TPSA) is 84.9 Å². The van der Waals surface area contributed by atoms with E-state index in [1.165, 1.54) is 11.1 Å². The molecule has 1 amide bonds. The first-order chi connectivity index (χ1) is 13.6. The molecule has 2 aromatic rings. The zero-order valence-corrected chi connectivity index (χ0v) is 15.5. The van der Waals surface area contributed by atoms with Gasteiger partial charge in [0.2, 0.25) is 0 Å². The van der Waals surface area contributed by atoms with Gasteiger partial charge < -0.3 is 19.9 Å². The molecule has 0 spiro atoms. The van der Waals surface area contributed by atoms with Gasteiger partial charge in [-0.25, -0.2) is 4.79 Å². The van der Waals surface area contributed by atoms with Gasteiger partial charge in [0.25, 0.3) is 0 Å². The van der Waals surface area contributed by atoms with Gasteiger partial charge in [-0.15, -0.1) is 0 Å². The van der Waals surface area contributed by atoms with Crippen LogP contribution in [0.3, 0.4) is 0 Å². The number of carboxylic acid groups (broad SMARTS) is 1. The second kappa shape index (κ2) is 7.64. The highest BCUT2D eigenvalue weighted by molar-refractivity contribution is 5.79. The molecule has 4 rings (SSSR count). The number of carbonyl (C=O) groups excluding carboxylic acids is 1. The molecular weight excluding hydrogens is 358 g/mol. The quantitative estimate of drug-likeness (QED) is 0.827. The lowest BCUT2D eigenvalue weighted by Gasteiger charge is -2.36. The maximum atomic E-state index is 12.5. The van der Waals surface area contributed by atoms with Crippen molar-refractivity contribution in [1.29, 1.82) is 0 Å². The Morgan fingerprint density at radius 3 is 2.18 bits per heavy atom. The molecule has 1 aliphatic heterocycles. The predicted molar refractivity (Wildman–Crippen MR) is 103 cm³/mol. The monoisotopic (exact) mass is 381 g/mol. The molecule has 2 aromatic carbocycles. The minimum absolute atomic E-state index is 0.0248. The molecule has 0 radical (unpaired) electrons. The van der Waals surface area contributed by atoms with Crippen LogP contribution in [-0.4, -0.2) is 42.5 Å². The zero-order chi connectivity index (χ0) is 19.6. The molecule has 28 heavy (non-hydrogen) atoms. The van der Waals surface area contributed by atoms with Crippen LogP contribution in [0.15, 0.2) is 48.5 Å². The number of aliphatic carboxylic acids is 1. The van der Waals surface area contributed by atoms with Crippen molar-refractivity contribution in [2.75, 3.05) is 19.8 Å². The summed E-state index contributed by atoms with van der Waals surface area (Å²) in [7, 11) is 0. The molecule has 0 bridgehead atoms. The second-order valence-corrected chi connectivity index (χ2v) is 7.41. The number of rotatable bonds is 5. The number of alkyl carbamates (subject to hydrolysis) is 1. The van der Waals surface area contributed by atoms with Crippen LogP contribution in [0.5, 0.6) is 0 Å². The van der Waals surface area contributed by atoms with Crippen molar-refractivity contribution in [2.45, 2.75) is 30.7 Å². The van der Waals surface area contributed by atoms with E-state index >= 15 is 0 Å². The molecule has 1 aliphatic carbocycles. The number of benzene rings is 2. The van der Waals surface area contributed by atoms with E-state index in [-0.39, 0.29) is 18.9 Å². The van der Waals surface area contributed by atoms with Crippen LogP contribution < -0.4 is 5.32 Å². The van der Waals surface area contributed by atoms with Crippen molar-refractivity contribution in [3.05, 3.63) is 59.7 Å². The van der Waals surface area contributed by atoms with Gasteiger partial charge in [-0.05, 0) is 35.1 Å². The molecule has 0 aromatic heterocycles. The lowest BCUT2D eigenvalue weighted by atomic mass is 9.87. The SMILES string of the molecule is O=C(O)CC1(NC(=O)OCC2c3ccccc3-c3ccccc32)CCOCC1. The fourth-order valence-corrected chi connectivity index (χ4v) is 4.25. The highest BCUT2D eigenvalue weighted by Crippen LogP contribution is 2.44. The summed E-state index contributed by atoms with van der Waals surface area (Å²) in [5, 5.41) is 12.0. The molecule has 1 heterocycles. The van der Waals surface area contributed by atoms with E-state index in [0.29, 0.717) is 26.1 Å². The molecule has 1 saturated heterocycles. The van der Waals surface area contributed by atoms with E-state index in [2.05, 4.69) is 29.6 Å². The molecule has 0 saturated carbocycles. The Morgan fingerprint density at radius 1 is 1.04 bits per heavy atom. The Bertz CT molecular complexity index is 843. The molecule has 2 aliphatic rings. The molecular formula is C22H23NO5. The second-order valence-electron chi connectivity index (χ2n) is 7.41. The molecule has 6 heteroatoms. The van der Waals surface area contributed by atoms with E-state index < -0.39 is 17.6 Å². The Morgan fingerprint density at radius 2 is 1.61 bits per heavy atom. The molecule has 0 unspecified atom stereocenters. The fraction of sp³-hybridized carbons (Fsp3) is 0.364. The summed E-state index contributed by atoms with van der Waals surface area (Å²) in [6.07, 6.45) is 0.207. The number of hydrogen-bond donors (Lipinski definition) is 2. The largest absolute Gasteiger partial charge is 0.481 e. The van der Waals surface area contributed by atoms with Crippen LogP contribution in [0, 0.1) is 0 Å². The average Bonchev–Trinajstić information content (AvgIpc) is 3.00. The Balaban J connectivity index is 1.47. The number of carbonyl (C=O) groups is 2. The third-order valence-corrected chi connectivity index (χ3v) is 5.65. The number of amides is 1. The molecule has 146 valence electrons. The standard InChI is InChI=1S/C22H23NO5/c24-20(25)13-22(9-11-27-12-10-22)23-21(26)28-14-19-17-7-3-1-5-15(17)16-6-2-4-8-18(16)19/h1-8,19H,9-14H2,(H,23,26)(H,24,25). The van der Waals surface area contributed by atoms with E-state index in [1.54, 1.807) is 0 Å². The number of ether oxygens (including phenoxy) is 2. The van der Waals surface area contributed by atoms with Crippen molar-refractivity contribution >= 4 is 12.1 Å². The highest BCUT2D eigenvalue weighted by atomic mass is 16.5. The van der Waals surface area contributed by atoms with E-state index in [9.17, 15) is 14.7 Å². The van der Waals surface area contributed by atoms with Gasteiger partial charge in [0.05, 0.1) is 12.0 Å². The summed E-state index contributed by atoms with van der Waals surface area (Å²) in [6, 6.07) is 16.3. The van der Waals surface area contributed by atoms with Crippen molar-refractivity contribution in [3.63, 3.8) is 0 Å². The third-order valence-electron chi connectivity index (χ3n) is 5.65. The number of hydrogen-bond acceptors (Lipinski definition) is 4. The van der Waals surface area contributed by atoms with Gasteiger partial charge >= 0.3 is 12.1 Å². The Kier molecular flexibility index (Phi) is 5.05. The first kappa shape index (κ1) is 18.5. The van der Waals surface area contributed by atoms with E-state index in [1.807, 2.05) is 24.3 Å². The highest BCUT2D eigenvalue weighted by Gasteiger charge is 2.37.